The molecule has 0 spiro atoms. The van der Waals surface area contributed by atoms with Gasteiger partial charge in [0.2, 0.25) is 0 Å². The van der Waals surface area contributed by atoms with E-state index < -0.39 is 0 Å². The summed E-state index contributed by atoms with van der Waals surface area (Å²) in [7, 11) is 0. The highest BCUT2D eigenvalue weighted by molar-refractivity contribution is 4.90. The lowest BCUT2D eigenvalue weighted by Gasteiger charge is -2.42. The molecule has 2 fully saturated rings. The van der Waals surface area contributed by atoms with Crippen molar-refractivity contribution in [3.8, 4) is 0 Å². The quantitative estimate of drug-likeness (QED) is 0.826. The van der Waals surface area contributed by atoms with Gasteiger partial charge in [0.1, 0.15) is 0 Å². The fraction of sp³-hybridized carbons (Fsp3) is 1.00. The van der Waals surface area contributed by atoms with E-state index in [0.717, 1.165) is 12.6 Å². The molecule has 2 aliphatic heterocycles. The summed E-state index contributed by atoms with van der Waals surface area (Å²) >= 11 is 0. The van der Waals surface area contributed by atoms with Gasteiger partial charge in [0.15, 0.2) is 0 Å². The van der Waals surface area contributed by atoms with Gasteiger partial charge in [-0.2, -0.15) is 0 Å². The molecular weight excluding hydrogens is 222 g/mol. The fourth-order valence-corrected chi connectivity index (χ4v) is 3.30. The molecule has 2 unspecified atom stereocenters. The Labute approximate surface area is 113 Å². The molecule has 2 rings (SSSR count). The average Bonchev–Trinajstić information content (AvgIpc) is 2.75. The third-order valence-electron chi connectivity index (χ3n) is 4.47. The lowest BCUT2D eigenvalue weighted by Crippen LogP contribution is -2.56. The van der Waals surface area contributed by atoms with Crippen LogP contribution in [0.15, 0.2) is 0 Å². The molecule has 0 amide bonds. The highest BCUT2D eigenvalue weighted by Crippen LogP contribution is 2.23. The Morgan fingerprint density at radius 1 is 1.22 bits per heavy atom. The van der Waals surface area contributed by atoms with Crippen LogP contribution in [0.5, 0.6) is 0 Å². The Hall–Kier alpha value is -0.120. The Morgan fingerprint density at radius 3 is 2.67 bits per heavy atom. The zero-order chi connectivity index (χ0) is 13.2. The Balaban J connectivity index is 1.84. The molecule has 106 valence electrons. The van der Waals surface area contributed by atoms with E-state index in [2.05, 4.69) is 42.8 Å². The first-order chi connectivity index (χ1) is 8.49. The first kappa shape index (κ1) is 14.3. The van der Waals surface area contributed by atoms with Gasteiger partial charge in [-0.15, -0.1) is 0 Å². The second-order valence-corrected chi connectivity index (χ2v) is 7.02. The van der Waals surface area contributed by atoms with Crippen LogP contribution in [0, 0.1) is 0 Å². The highest BCUT2D eigenvalue weighted by atomic mass is 15.3. The topological polar surface area (TPSA) is 18.5 Å². The van der Waals surface area contributed by atoms with Crippen LogP contribution in [0.3, 0.4) is 0 Å². The maximum atomic E-state index is 3.67. The summed E-state index contributed by atoms with van der Waals surface area (Å²) in [5.41, 5.74) is 0.239. The molecule has 2 saturated heterocycles. The van der Waals surface area contributed by atoms with Crippen molar-refractivity contribution >= 4 is 0 Å². The van der Waals surface area contributed by atoms with Crippen molar-refractivity contribution in [2.75, 3.05) is 32.7 Å². The summed E-state index contributed by atoms with van der Waals surface area (Å²) in [6.07, 6.45) is 4.09. The molecule has 1 N–H and O–H groups in total. The number of hydrogen-bond donors (Lipinski definition) is 1. The molecule has 3 heteroatoms. The smallest absolute Gasteiger partial charge is 0.0224 e. The minimum atomic E-state index is 0.239. The molecule has 0 bridgehead atoms. The van der Waals surface area contributed by atoms with Crippen LogP contribution < -0.4 is 5.32 Å². The van der Waals surface area contributed by atoms with Crippen LogP contribution in [-0.4, -0.2) is 60.1 Å². The molecule has 2 heterocycles. The van der Waals surface area contributed by atoms with Gasteiger partial charge in [0, 0.05) is 43.8 Å². The van der Waals surface area contributed by atoms with Gasteiger partial charge in [-0.05, 0) is 46.6 Å². The third-order valence-corrected chi connectivity index (χ3v) is 4.47. The average molecular weight is 253 g/mol. The second-order valence-electron chi connectivity index (χ2n) is 7.02. The number of hydrogen-bond acceptors (Lipinski definition) is 3. The van der Waals surface area contributed by atoms with Crippen molar-refractivity contribution in [1.82, 2.24) is 15.1 Å². The maximum absolute atomic E-state index is 3.67. The zero-order valence-electron chi connectivity index (χ0n) is 12.7. The van der Waals surface area contributed by atoms with E-state index in [1.165, 1.54) is 45.4 Å². The van der Waals surface area contributed by atoms with Crippen molar-refractivity contribution in [3.63, 3.8) is 0 Å². The van der Waals surface area contributed by atoms with Crippen LogP contribution >= 0.6 is 0 Å². The molecule has 3 nitrogen and oxygen atoms in total. The highest BCUT2D eigenvalue weighted by Gasteiger charge is 2.32. The summed E-state index contributed by atoms with van der Waals surface area (Å²) in [6, 6.07) is 1.56. The summed E-state index contributed by atoms with van der Waals surface area (Å²) in [5, 5.41) is 3.67. The monoisotopic (exact) mass is 253 g/mol. The van der Waals surface area contributed by atoms with E-state index in [0.29, 0.717) is 6.04 Å². The second kappa shape index (κ2) is 5.89. The molecule has 2 atom stereocenters. The number of fused-ring (bicyclic) bond motifs is 1. The fourth-order valence-electron chi connectivity index (χ4n) is 3.30. The SMILES string of the molecule is CCC(CNC(C)(C)C)N1CCN2CCCC2C1. The molecule has 18 heavy (non-hydrogen) atoms. The zero-order valence-corrected chi connectivity index (χ0v) is 12.7. The predicted molar refractivity (Wildman–Crippen MR) is 78.0 cm³/mol. The van der Waals surface area contributed by atoms with Gasteiger partial charge in [-0.1, -0.05) is 6.92 Å². The van der Waals surface area contributed by atoms with Gasteiger partial charge in [-0.3, -0.25) is 9.80 Å². The molecule has 0 aliphatic carbocycles. The maximum Gasteiger partial charge on any atom is 0.0224 e. The molecule has 0 aromatic carbocycles. The standard InChI is InChI=1S/C15H31N3/c1-5-13(11-16-15(2,3)4)18-10-9-17-8-6-7-14(17)12-18/h13-14,16H,5-12H2,1-4H3. The van der Waals surface area contributed by atoms with Crippen LogP contribution in [0.1, 0.15) is 47.0 Å². The predicted octanol–water partition coefficient (Wildman–Crippen LogP) is 1.93. The van der Waals surface area contributed by atoms with Crippen LogP contribution in [0.2, 0.25) is 0 Å². The van der Waals surface area contributed by atoms with E-state index in [1.807, 2.05) is 0 Å². The van der Waals surface area contributed by atoms with Gasteiger partial charge < -0.3 is 5.32 Å². The minimum absolute atomic E-state index is 0.239. The van der Waals surface area contributed by atoms with E-state index in [1.54, 1.807) is 0 Å². The molecule has 0 saturated carbocycles. The molecular formula is C15H31N3. The molecule has 2 aliphatic rings. The third kappa shape index (κ3) is 3.69. The number of rotatable bonds is 4. The number of nitrogens with one attached hydrogen (secondary N) is 1. The lowest BCUT2D eigenvalue weighted by atomic mass is 10.1. The Morgan fingerprint density at radius 2 is 2.00 bits per heavy atom. The van der Waals surface area contributed by atoms with Crippen molar-refractivity contribution in [2.45, 2.75) is 64.6 Å². The van der Waals surface area contributed by atoms with Gasteiger partial charge in [0.05, 0.1) is 0 Å². The van der Waals surface area contributed by atoms with Gasteiger partial charge in [0.25, 0.3) is 0 Å². The minimum Gasteiger partial charge on any atom is -0.311 e. The molecule has 0 aromatic heterocycles. The summed E-state index contributed by atoms with van der Waals surface area (Å²) in [4.78, 5) is 5.42. The summed E-state index contributed by atoms with van der Waals surface area (Å²) in [5.74, 6) is 0. The first-order valence-electron chi connectivity index (χ1n) is 7.72. The van der Waals surface area contributed by atoms with Crippen molar-refractivity contribution in [3.05, 3.63) is 0 Å². The molecule has 0 aromatic rings. The number of nitrogens with zero attached hydrogens (tertiary/aromatic N) is 2. The Kier molecular flexibility index (Phi) is 4.68. The normalized spacial score (nSPS) is 28.3. The van der Waals surface area contributed by atoms with E-state index in [9.17, 15) is 0 Å². The van der Waals surface area contributed by atoms with Crippen molar-refractivity contribution < 1.29 is 0 Å². The van der Waals surface area contributed by atoms with Crippen LogP contribution in [0.4, 0.5) is 0 Å². The van der Waals surface area contributed by atoms with E-state index in [4.69, 9.17) is 0 Å². The summed E-state index contributed by atoms with van der Waals surface area (Å²) in [6.45, 7) is 15.4. The van der Waals surface area contributed by atoms with E-state index >= 15 is 0 Å². The van der Waals surface area contributed by atoms with Crippen LogP contribution in [0.25, 0.3) is 0 Å². The van der Waals surface area contributed by atoms with Crippen molar-refractivity contribution in [2.24, 2.45) is 0 Å². The van der Waals surface area contributed by atoms with Crippen molar-refractivity contribution in [1.29, 1.82) is 0 Å². The van der Waals surface area contributed by atoms with Gasteiger partial charge >= 0.3 is 0 Å². The first-order valence-corrected chi connectivity index (χ1v) is 7.72. The van der Waals surface area contributed by atoms with Gasteiger partial charge in [-0.25, -0.2) is 0 Å². The van der Waals surface area contributed by atoms with Crippen LogP contribution in [-0.2, 0) is 0 Å². The number of piperazine rings is 1. The summed E-state index contributed by atoms with van der Waals surface area (Å²) < 4.78 is 0. The largest absolute Gasteiger partial charge is 0.311 e. The molecule has 0 radical (unpaired) electrons. The van der Waals surface area contributed by atoms with E-state index in [-0.39, 0.29) is 5.54 Å². The Bertz CT molecular complexity index is 259. The lowest BCUT2D eigenvalue weighted by molar-refractivity contribution is 0.0673.